The van der Waals surface area contributed by atoms with E-state index in [4.69, 9.17) is 4.74 Å². The molecule has 0 unspecified atom stereocenters. The summed E-state index contributed by atoms with van der Waals surface area (Å²) in [5.74, 6) is 5.91. The monoisotopic (exact) mass is 395 g/mol. The summed E-state index contributed by atoms with van der Waals surface area (Å²) < 4.78 is 5.44. The molecular formula is C26H21NO3. The summed E-state index contributed by atoms with van der Waals surface area (Å²) >= 11 is 0. The summed E-state index contributed by atoms with van der Waals surface area (Å²) in [4.78, 5) is 27.3. The zero-order valence-corrected chi connectivity index (χ0v) is 16.7. The van der Waals surface area contributed by atoms with E-state index in [1.807, 2.05) is 85.8 Å². The van der Waals surface area contributed by atoms with E-state index < -0.39 is 11.5 Å². The highest BCUT2D eigenvalue weighted by atomic mass is 16.6. The Bertz CT molecular complexity index is 1130. The molecule has 1 heterocycles. The Labute approximate surface area is 176 Å². The van der Waals surface area contributed by atoms with Gasteiger partial charge in [0.25, 0.3) is 0 Å². The fourth-order valence-electron chi connectivity index (χ4n) is 3.59. The molecule has 3 aromatic rings. The standard InChI is InChI=1S/C26H21NO3/c1-26(18-10-15-20-11-4-2-5-12-20)22-16-8-9-17-23(22)27(24(26)28)25(29)30-19-21-13-6-3-7-14-21/h2-9,11-14,16-17H,18-19H2,1H3/t26-/m0/s1. The van der Waals surface area contributed by atoms with E-state index in [0.29, 0.717) is 12.1 Å². The summed E-state index contributed by atoms with van der Waals surface area (Å²) in [7, 11) is 0. The molecule has 148 valence electrons. The minimum absolute atomic E-state index is 0.107. The molecule has 2 amide bonds. The van der Waals surface area contributed by atoms with Crippen LogP contribution in [-0.4, -0.2) is 12.0 Å². The van der Waals surface area contributed by atoms with Crippen LogP contribution < -0.4 is 4.90 Å². The van der Waals surface area contributed by atoms with Gasteiger partial charge in [-0.1, -0.05) is 78.6 Å². The number of carbonyl (C=O) groups is 2. The van der Waals surface area contributed by atoms with Crippen LogP contribution in [0.1, 0.15) is 30.0 Å². The fourth-order valence-corrected chi connectivity index (χ4v) is 3.59. The van der Waals surface area contributed by atoms with Crippen LogP contribution in [0.3, 0.4) is 0 Å². The van der Waals surface area contributed by atoms with Crippen molar-refractivity contribution < 1.29 is 14.3 Å². The quantitative estimate of drug-likeness (QED) is 0.582. The van der Waals surface area contributed by atoms with Crippen LogP contribution in [0.15, 0.2) is 84.9 Å². The van der Waals surface area contributed by atoms with Crippen molar-refractivity contribution in [3.05, 3.63) is 102 Å². The average Bonchev–Trinajstić information content (AvgIpc) is 3.01. The van der Waals surface area contributed by atoms with E-state index >= 15 is 0 Å². The predicted octanol–water partition coefficient (Wildman–Crippen LogP) is 5.07. The lowest BCUT2D eigenvalue weighted by molar-refractivity contribution is -0.122. The Hall–Kier alpha value is -3.84. The zero-order chi connectivity index (χ0) is 21.0. The third-order valence-electron chi connectivity index (χ3n) is 5.25. The number of hydrogen-bond acceptors (Lipinski definition) is 3. The van der Waals surface area contributed by atoms with Crippen LogP contribution in [0.4, 0.5) is 10.5 Å². The highest BCUT2D eigenvalue weighted by molar-refractivity contribution is 6.21. The smallest absolute Gasteiger partial charge is 0.421 e. The fraction of sp³-hybridized carbons (Fsp3) is 0.154. The molecule has 4 heteroatoms. The van der Waals surface area contributed by atoms with Gasteiger partial charge < -0.3 is 4.74 Å². The molecule has 0 bridgehead atoms. The first kappa shape index (κ1) is 19.5. The Balaban J connectivity index is 1.57. The molecule has 30 heavy (non-hydrogen) atoms. The Morgan fingerprint density at radius 1 is 0.933 bits per heavy atom. The van der Waals surface area contributed by atoms with Crippen LogP contribution >= 0.6 is 0 Å². The van der Waals surface area contributed by atoms with Crippen LogP contribution in [0, 0.1) is 11.8 Å². The molecule has 4 nitrogen and oxygen atoms in total. The van der Waals surface area contributed by atoms with Crippen LogP contribution in [0.25, 0.3) is 0 Å². The first-order valence-corrected chi connectivity index (χ1v) is 9.78. The summed E-state index contributed by atoms with van der Waals surface area (Å²) in [5, 5.41) is 0. The maximum atomic E-state index is 13.3. The first-order valence-electron chi connectivity index (χ1n) is 9.78. The number of amides is 2. The molecule has 4 rings (SSSR count). The number of fused-ring (bicyclic) bond motifs is 1. The van der Waals surface area contributed by atoms with E-state index in [0.717, 1.165) is 21.6 Å². The number of anilines is 1. The topological polar surface area (TPSA) is 46.6 Å². The molecule has 0 N–H and O–H groups in total. The molecular weight excluding hydrogens is 374 g/mol. The van der Waals surface area contributed by atoms with Crippen molar-refractivity contribution in [1.29, 1.82) is 0 Å². The number of carbonyl (C=O) groups excluding carboxylic acids is 2. The number of rotatable bonds is 3. The summed E-state index contributed by atoms with van der Waals surface area (Å²) in [6.07, 6.45) is -0.365. The maximum absolute atomic E-state index is 13.3. The second kappa shape index (κ2) is 8.26. The van der Waals surface area contributed by atoms with Gasteiger partial charge in [-0.15, -0.1) is 0 Å². The van der Waals surface area contributed by atoms with Gasteiger partial charge in [-0.05, 0) is 36.2 Å². The average molecular weight is 395 g/mol. The van der Waals surface area contributed by atoms with E-state index in [2.05, 4.69) is 11.8 Å². The maximum Gasteiger partial charge on any atom is 0.421 e. The van der Waals surface area contributed by atoms with Gasteiger partial charge in [0, 0.05) is 12.0 Å². The number of hydrogen-bond donors (Lipinski definition) is 0. The van der Waals surface area contributed by atoms with Gasteiger partial charge in [0.05, 0.1) is 11.1 Å². The van der Waals surface area contributed by atoms with E-state index in [-0.39, 0.29) is 12.5 Å². The lowest BCUT2D eigenvalue weighted by Crippen LogP contribution is -2.41. The van der Waals surface area contributed by atoms with Gasteiger partial charge in [0.1, 0.15) is 6.61 Å². The molecule has 0 aromatic heterocycles. The van der Waals surface area contributed by atoms with Crippen molar-refractivity contribution in [2.75, 3.05) is 4.90 Å². The normalized spacial score (nSPS) is 17.1. The Morgan fingerprint density at radius 2 is 1.57 bits per heavy atom. The van der Waals surface area contributed by atoms with Crippen LogP contribution in [-0.2, 0) is 21.6 Å². The number of para-hydroxylation sites is 1. The number of ether oxygens (including phenoxy) is 1. The molecule has 0 spiro atoms. The predicted molar refractivity (Wildman–Crippen MR) is 116 cm³/mol. The van der Waals surface area contributed by atoms with Gasteiger partial charge in [-0.25, -0.2) is 9.69 Å². The molecule has 0 aliphatic carbocycles. The summed E-state index contributed by atoms with van der Waals surface area (Å²) in [6, 6.07) is 26.3. The summed E-state index contributed by atoms with van der Waals surface area (Å²) in [6.45, 7) is 1.94. The molecule has 0 fully saturated rings. The minimum atomic E-state index is -0.913. The van der Waals surface area contributed by atoms with Crippen molar-refractivity contribution in [3.8, 4) is 11.8 Å². The van der Waals surface area contributed by atoms with E-state index in [1.54, 1.807) is 6.07 Å². The molecule has 1 aliphatic rings. The van der Waals surface area contributed by atoms with Gasteiger partial charge >= 0.3 is 6.09 Å². The highest BCUT2D eigenvalue weighted by Gasteiger charge is 2.49. The Kier molecular flexibility index (Phi) is 5.36. The highest BCUT2D eigenvalue weighted by Crippen LogP contribution is 2.44. The Morgan fingerprint density at radius 3 is 2.30 bits per heavy atom. The molecule has 3 aromatic carbocycles. The molecule has 1 aliphatic heterocycles. The van der Waals surface area contributed by atoms with Crippen LogP contribution in [0.2, 0.25) is 0 Å². The van der Waals surface area contributed by atoms with Gasteiger partial charge in [0.2, 0.25) is 5.91 Å². The van der Waals surface area contributed by atoms with E-state index in [1.165, 1.54) is 0 Å². The first-order chi connectivity index (χ1) is 14.6. The lowest BCUT2D eigenvalue weighted by atomic mass is 9.81. The second-order valence-electron chi connectivity index (χ2n) is 7.37. The van der Waals surface area contributed by atoms with Gasteiger partial charge in [-0.3, -0.25) is 4.79 Å². The SMILES string of the molecule is C[C@@]1(CC#Cc2ccccc2)C(=O)N(C(=O)OCc2ccccc2)c2ccccc21. The number of benzene rings is 3. The number of nitrogens with zero attached hydrogens (tertiary/aromatic N) is 1. The molecule has 0 saturated heterocycles. The van der Waals surface area contributed by atoms with Crippen molar-refractivity contribution in [1.82, 2.24) is 0 Å². The zero-order valence-electron chi connectivity index (χ0n) is 16.7. The van der Waals surface area contributed by atoms with Crippen LogP contribution in [0.5, 0.6) is 0 Å². The minimum Gasteiger partial charge on any atom is -0.444 e. The third-order valence-corrected chi connectivity index (χ3v) is 5.25. The van der Waals surface area contributed by atoms with Crippen molar-refractivity contribution in [3.63, 3.8) is 0 Å². The number of imide groups is 1. The molecule has 0 radical (unpaired) electrons. The largest absolute Gasteiger partial charge is 0.444 e. The van der Waals surface area contributed by atoms with Gasteiger partial charge in [-0.2, -0.15) is 0 Å². The van der Waals surface area contributed by atoms with Crippen molar-refractivity contribution in [2.45, 2.75) is 25.4 Å². The van der Waals surface area contributed by atoms with Crippen molar-refractivity contribution in [2.24, 2.45) is 0 Å². The van der Waals surface area contributed by atoms with Crippen molar-refractivity contribution >= 4 is 17.7 Å². The van der Waals surface area contributed by atoms with E-state index in [9.17, 15) is 9.59 Å². The lowest BCUT2D eigenvalue weighted by Gasteiger charge is -2.21. The van der Waals surface area contributed by atoms with Gasteiger partial charge in [0.15, 0.2) is 0 Å². The molecule has 1 atom stereocenters. The molecule has 0 saturated carbocycles. The third kappa shape index (κ3) is 3.70. The summed E-state index contributed by atoms with van der Waals surface area (Å²) in [5.41, 5.74) is 2.18. The second-order valence-corrected chi connectivity index (χ2v) is 7.37.